The Kier molecular flexibility index (Phi) is 4.45. The van der Waals surface area contributed by atoms with Crippen LogP contribution in [0.2, 0.25) is 0 Å². The van der Waals surface area contributed by atoms with Crippen LogP contribution in [0.4, 0.5) is 11.6 Å². The highest BCUT2D eigenvalue weighted by molar-refractivity contribution is 5.47. The summed E-state index contributed by atoms with van der Waals surface area (Å²) in [6.45, 7) is 5.67. The molecule has 1 saturated carbocycles. The van der Waals surface area contributed by atoms with Crippen molar-refractivity contribution in [2.75, 3.05) is 23.8 Å². The average Bonchev–Trinajstić information content (AvgIpc) is 2.89. The zero-order valence-electron chi connectivity index (χ0n) is 11.8. The smallest absolute Gasteiger partial charge is 0.131 e. The molecule has 0 spiro atoms. The van der Waals surface area contributed by atoms with Gasteiger partial charge in [0.2, 0.25) is 0 Å². The lowest BCUT2D eigenvalue weighted by molar-refractivity contribution is 0.531. The van der Waals surface area contributed by atoms with Crippen molar-refractivity contribution >= 4 is 11.6 Å². The third-order valence-corrected chi connectivity index (χ3v) is 3.61. The summed E-state index contributed by atoms with van der Waals surface area (Å²) in [6, 6.07) is 6.94. The Labute approximate surface area is 111 Å². The summed E-state index contributed by atoms with van der Waals surface area (Å²) in [5.74, 6) is 2.76. The van der Waals surface area contributed by atoms with Gasteiger partial charge in [-0.2, -0.15) is 0 Å². The molecule has 0 unspecified atom stereocenters. The van der Waals surface area contributed by atoms with Gasteiger partial charge < -0.3 is 10.2 Å². The van der Waals surface area contributed by atoms with E-state index in [1.165, 1.54) is 25.7 Å². The summed E-state index contributed by atoms with van der Waals surface area (Å²) >= 11 is 0. The molecule has 3 nitrogen and oxygen atoms in total. The van der Waals surface area contributed by atoms with E-state index in [9.17, 15) is 0 Å². The zero-order valence-corrected chi connectivity index (χ0v) is 11.8. The Hall–Kier alpha value is -1.25. The number of anilines is 2. The minimum absolute atomic E-state index is 0.672. The number of hydrogen-bond donors (Lipinski definition) is 1. The minimum atomic E-state index is 0.672. The third kappa shape index (κ3) is 3.15. The van der Waals surface area contributed by atoms with Gasteiger partial charge in [-0.3, -0.25) is 0 Å². The number of nitrogens with zero attached hydrogens (tertiary/aromatic N) is 2. The van der Waals surface area contributed by atoms with Crippen LogP contribution in [0.5, 0.6) is 0 Å². The van der Waals surface area contributed by atoms with Gasteiger partial charge in [0.15, 0.2) is 0 Å². The summed E-state index contributed by atoms with van der Waals surface area (Å²) < 4.78 is 0. The van der Waals surface area contributed by atoms with E-state index in [2.05, 4.69) is 36.2 Å². The molecule has 1 heterocycles. The van der Waals surface area contributed by atoms with Gasteiger partial charge in [0.25, 0.3) is 0 Å². The normalized spacial score (nSPS) is 16.2. The van der Waals surface area contributed by atoms with Gasteiger partial charge >= 0.3 is 0 Å². The van der Waals surface area contributed by atoms with Crippen molar-refractivity contribution in [3.05, 3.63) is 18.2 Å². The van der Waals surface area contributed by atoms with Gasteiger partial charge in [-0.05, 0) is 30.9 Å². The molecule has 0 aliphatic heterocycles. The van der Waals surface area contributed by atoms with Crippen molar-refractivity contribution in [3.8, 4) is 0 Å². The average molecular weight is 247 g/mol. The van der Waals surface area contributed by atoms with Crippen LogP contribution in [-0.2, 0) is 0 Å². The minimum Gasteiger partial charge on any atom is -0.373 e. The van der Waals surface area contributed by atoms with Crippen molar-refractivity contribution < 1.29 is 0 Å². The lowest BCUT2D eigenvalue weighted by atomic mass is 10.1. The number of aromatic nitrogens is 1. The number of pyridine rings is 1. The monoisotopic (exact) mass is 247 g/mol. The third-order valence-electron chi connectivity index (χ3n) is 3.61. The molecule has 0 amide bonds. The molecule has 0 aromatic carbocycles. The molecule has 0 bridgehead atoms. The predicted molar refractivity (Wildman–Crippen MR) is 78.2 cm³/mol. The topological polar surface area (TPSA) is 28.2 Å². The Bertz CT molecular complexity index is 370. The van der Waals surface area contributed by atoms with E-state index in [-0.39, 0.29) is 0 Å². The molecule has 0 atom stereocenters. The summed E-state index contributed by atoms with van der Waals surface area (Å²) in [5.41, 5.74) is 0. The van der Waals surface area contributed by atoms with E-state index in [0.29, 0.717) is 12.0 Å². The molecule has 100 valence electrons. The highest BCUT2D eigenvalue weighted by Gasteiger charge is 2.24. The summed E-state index contributed by atoms with van der Waals surface area (Å²) in [4.78, 5) is 7.22. The van der Waals surface area contributed by atoms with Crippen molar-refractivity contribution in [1.82, 2.24) is 4.98 Å². The molecule has 1 aromatic rings. The second-order valence-corrected chi connectivity index (χ2v) is 5.62. The van der Waals surface area contributed by atoms with E-state index in [1.54, 1.807) is 0 Å². The van der Waals surface area contributed by atoms with Crippen LogP contribution in [0.3, 0.4) is 0 Å². The number of hydrogen-bond acceptors (Lipinski definition) is 3. The first-order valence-electron chi connectivity index (χ1n) is 7.12. The molecule has 2 rings (SSSR count). The predicted octanol–water partition coefficient (Wildman–Crippen LogP) is 3.53. The highest BCUT2D eigenvalue weighted by Crippen LogP contribution is 2.28. The fourth-order valence-corrected chi connectivity index (χ4v) is 2.76. The molecule has 18 heavy (non-hydrogen) atoms. The molecule has 1 aliphatic carbocycles. The molecule has 1 aromatic heterocycles. The lowest BCUT2D eigenvalue weighted by Gasteiger charge is -2.32. The van der Waals surface area contributed by atoms with Crippen LogP contribution in [-0.4, -0.2) is 24.6 Å². The molecule has 3 heteroatoms. The van der Waals surface area contributed by atoms with Crippen LogP contribution in [0.1, 0.15) is 39.5 Å². The maximum atomic E-state index is 4.70. The van der Waals surface area contributed by atoms with E-state index >= 15 is 0 Å². The zero-order chi connectivity index (χ0) is 13.0. The van der Waals surface area contributed by atoms with Crippen LogP contribution >= 0.6 is 0 Å². The van der Waals surface area contributed by atoms with Crippen LogP contribution in [0, 0.1) is 5.92 Å². The SMILES string of the molecule is CNc1cccc(N(CC(C)C)C2CCCC2)n1. The Morgan fingerprint density at radius 2 is 2.06 bits per heavy atom. The number of rotatable bonds is 5. The molecular weight excluding hydrogens is 222 g/mol. The molecule has 0 radical (unpaired) electrons. The van der Waals surface area contributed by atoms with Crippen molar-refractivity contribution in [3.63, 3.8) is 0 Å². The van der Waals surface area contributed by atoms with Gasteiger partial charge in [-0.25, -0.2) is 4.98 Å². The standard InChI is InChI=1S/C15H25N3/c1-12(2)11-18(13-7-4-5-8-13)15-10-6-9-14(16-3)17-15/h6,9-10,12-13H,4-5,7-8,11H2,1-3H3,(H,16,17). The Morgan fingerprint density at radius 3 is 2.67 bits per heavy atom. The van der Waals surface area contributed by atoms with Gasteiger partial charge in [0.1, 0.15) is 11.6 Å². The fourth-order valence-electron chi connectivity index (χ4n) is 2.76. The quantitative estimate of drug-likeness (QED) is 0.862. The molecule has 1 N–H and O–H groups in total. The summed E-state index contributed by atoms with van der Waals surface area (Å²) in [6.07, 6.45) is 5.37. The fraction of sp³-hybridized carbons (Fsp3) is 0.667. The second-order valence-electron chi connectivity index (χ2n) is 5.62. The largest absolute Gasteiger partial charge is 0.373 e. The van der Waals surface area contributed by atoms with E-state index < -0.39 is 0 Å². The van der Waals surface area contributed by atoms with E-state index in [4.69, 9.17) is 4.98 Å². The molecule has 1 aliphatic rings. The van der Waals surface area contributed by atoms with Gasteiger partial charge in [0, 0.05) is 19.6 Å². The maximum absolute atomic E-state index is 4.70. The Balaban J connectivity index is 2.20. The first-order chi connectivity index (χ1) is 8.70. The van der Waals surface area contributed by atoms with Gasteiger partial charge in [-0.1, -0.05) is 32.8 Å². The van der Waals surface area contributed by atoms with Crippen LogP contribution in [0.25, 0.3) is 0 Å². The van der Waals surface area contributed by atoms with Gasteiger partial charge in [0.05, 0.1) is 0 Å². The highest BCUT2D eigenvalue weighted by atomic mass is 15.2. The van der Waals surface area contributed by atoms with E-state index in [0.717, 1.165) is 18.2 Å². The van der Waals surface area contributed by atoms with Crippen molar-refractivity contribution in [2.24, 2.45) is 5.92 Å². The van der Waals surface area contributed by atoms with Crippen molar-refractivity contribution in [1.29, 1.82) is 0 Å². The maximum Gasteiger partial charge on any atom is 0.131 e. The van der Waals surface area contributed by atoms with Crippen LogP contribution in [0.15, 0.2) is 18.2 Å². The Morgan fingerprint density at radius 1 is 1.33 bits per heavy atom. The summed E-state index contributed by atoms with van der Waals surface area (Å²) in [7, 11) is 1.93. The number of nitrogens with one attached hydrogen (secondary N) is 1. The first kappa shape index (κ1) is 13.2. The van der Waals surface area contributed by atoms with Crippen LogP contribution < -0.4 is 10.2 Å². The molecule has 1 fully saturated rings. The first-order valence-corrected chi connectivity index (χ1v) is 7.12. The molecule has 0 saturated heterocycles. The van der Waals surface area contributed by atoms with E-state index in [1.807, 2.05) is 13.1 Å². The van der Waals surface area contributed by atoms with Crippen molar-refractivity contribution in [2.45, 2.75) is 45.6 Å². The lowest BCUT2D eigenvalue weighted by Crippen LogP contribution is -2.37. The van der Waals surface area contributed by atoms with Gasteiger partial charge in [-0.15, -0.1) is 0 Å². The second kappa shape index (κ2) is 6.07. The molecular formula is C15H25N3. The summed E-state index contributed by atoms with van der Waals surface area (Å²) in [5, 5.41) is 3.13.